The molecule has 1 aliphatic heterocycles. The van der Waals surface area contributed by atoms with Crippen LogP contribution < -0.4 is 10.2 Å². The quantitative estimate of drug-likeness (QED) is 0.738. The van der Waals surface area contributed by atoms with E-state index in [0.29, 0.717) is 18.9 Å². The maximum atomic E-state index is 12.9. The van der Waals surface area contributed by atoms with Crippen LogP contribution in [0.1, 0.15) is 15.4 Å². The van der Waals surface area contributed by atoms with Crippen LogP contribution >= 0.6 is 11.3 Å². The molecule has 0 bridgehead atoms. The lowest BCUT2D eigenvalue weighted by atomic mass is 10.2. The molecule has 1 aliphatic rings. The summed E-state index contributed by atoms with van der Waals surface area (Å²) in [7, 11) is 0. The Labute approximate surface area is 162 Å². The Kier molecular flexibility index (Phi) is 5.18. The fourth-order valence-electron chi connectivity index (χ4n) is 3.15. The first kappa shape index (κ1) is 17.7. The Bertz CT molecular complexity index is 934. The SMILES string of the molecule is Cc1sc(-c2ccccc2)nc1C(=O)Nc1ccccc1N1CCOCC1. The molecule has 1 saturated heterocycles. The van der Waals surface area contributed by atoms with Crippen molar-refractivity contribution in [2.24, 2.45) is 0 Å². The summed E-state index contributed by atoms with van der Waals surface area (Å²) in [5.74, 6) is -0.174. The zero-order chi connectivity index (χ0) is 18.6. The van der Waals surface area contributed by atoms with Crippen LogP contribution in [0.15, 0.2) is 54.6 Å². The molecule has 0 radical (unpaired) electrons. The van der Waals surface area contributed by atoms with Gasteiger partial charge in [0.2, 0.25) is 0 Å². The van der Waals surface area contributed by atoms with Crippen LogP contribution in [0.25, 0.3) is 10.6 Å². The predicted molar refractivity (Wildman–Crippen MR) is 110 cm³/mol. The molecule has 1 N–H and O–H groups in total. The molecule has 0 atom stereocenters. The third-order valence-electron chi connectivity index (χ3n) is 4.54. The van der Waals surface area contributed by atoms with E-state index >= 15 is 0 Å². The van der Waals surface area contributed by atoms with Gasteiger partial charge in [0.1, 0.15) is 10.7 Å². The number of amides is 1. The number of anilines is 2. The van der Waals surface area contributed by atoms with Gasteiger partial charge in [0.25, 0.3) is 5.91 Å². The zero-order valence-corrected chi connectivity index (χ0v) is 16.0. The minimum atomic E-state index is -0.174. The van der Waals surface area contributed by atoms with Gasteiger partial charge in [-0.25, -0.2) is 4.98 Å². The highest BCUT2D eigenvalue weighted by molar-refractivity contribution is 7.15. The largest absolute Gasteiger partial charge is 0.378 e. The van der Waals surface area contributed by atoms with Crippen molar-refractivity contribution in [2.45, 2.75) is 6.92 Å². The summed E-state index contributed by atoms with van der Waals surface area (Å²) >= 11 is 1.54. The van der Waals surface area contributed by atoms with Crippen LogP contribution in [-0.4, -0.2) is 37.2 Å². The van der Waals surface area contributed by atoms with Crippen molar-refractivity contribution in [1.29, 1.82) is 0 Å². The minimum Gasteiger partial charge on any atom is -0.378 e. The number of benzene rings is 2. The van der Waals surface area contributed by atoms with Crippen molar-refractivity contribution in [2.75, 3.05) is 36.5 Å². The molecule has 0 spiro atoms. The maximum absolute atomic E-state index is 12.9. The zero-order valence-electron chi connectivity index (χ0n) is 15.1. The highest BCUT2D eigenvalue weighted by Crippen LogP contribution is 2.30. The Morgan fingerprint density at radius 3 is 2.56 bits per heavy atom. The number of nitrogens with one attached hydrogen (secondary N) is 1. The first-order valence-electron chi connectivity index (χ1n) is 8.98. The molecular weight excluding hydrogens is 358 g/mol. The molecule has 1 aromatic heterocycles. The van der Waals surface area contributed by atoms with E-state index in [1.54, 1.807) is 0 Å². The van der Waals surface area contributed by atoms with Gasteiger partial charge in [0.05, 0.1) is 24.6 Å². The molecule has 6 heteroatoms. The van der Waals surface area contributed by atoms with E-state index in [2.05, 4.69) is 15.2 Å². The van der Waals surface area contributed by atoms with Gasteiger partial charge in [-0.1, -0.05) is 42.5 Å². The van der Waals surface area contributed by atoms with Crippen molar-refractivity contribution >= 4 is 28.6 Å². The minimum absolute atomic E-state index is 0.174. The van der Waals surface area contributed by atoms with Gasteiger partial charge in [-0.05, 0) is 19.1 Å². The summed E-state index contributed by atoms with van der Waals surface area (Å²) in [5, 5.41) is 3.91. The van der Waals surface area contributed by atoms with Gasteiger partial charge in [0, 0.05) is 23.5 Å². The van der Waals surface area contributed by atoms with Crippen LogP contribution in [-0.2, 0) is 4.74 Å². The number of hydrogen-bond acceptors (Lipinski definition) is 5. The molecule has 138 valence electrons. The molecule has 2 heterocycles. The molecule has 0 saturated carbocycles. The average molecular weight is 379 g/mol. The Hall–Kier alpha value is -2.70. The average Bonchev–Trinajstić information content (AvgIpc) is 3.12. The number of carbonyl (C=O) groups is 1. The second kappa shape index (κ2) is 7.90. The van der Waals surface area contributed by atoms with Gasteiger partial charge in [-0.2, -0.15) is 0 Å². The Morgan fingerprint density at radius 1 is 1.07 bits per heavy atom. The molecule has 27 heavy (non-hydrogen) atoms. The van der Waals surface area contributed by atoms with Crippen LogP contribution in [0.4, 0.5) is 11.4 Å². The number of aryl methyl sites for hydroxylation is 1. The van der Waals surface area contributed by atoms with Crippen molar-refractivity contribution in [3.63, 3.8) is 0 Å². The standard InChI is InChI=1S/C21H21N3O2S/c1-15-19(23-21(27-15)16-7-3-2-4-8-16)20(25)22-17-9-5-6-10-18(17)24-11-13-26-14-12-24/h2-10H,11-14H2,1H3,(H,22,25). The Balaban J connectivity index is 1.58. The third kappa shape index (κ3) is 3.86. The molecule has 1 fully saturated rings. The fourth-order valence-corrected chi connectivity index (χ4v) is 4.07. The van der Waals surface area contributed by atoms with Crippen LogP contribution in [0.3, 0.4) is 0 Å². The smallest absolute Gasteiger partial charge is 0.275 e. The topological polar surface area (TPSA) is 54.5 Å². The molecule has 1 amide bonds. The van der Waals surface area contributed by atoms with E-state index in [4.69, 9.17) is 4.74 Å². The molecule has 0 unspecified atom stereocenters. The summed E-state index contributed by atoms with van der Waals surface area (Å²) in [6, 6.07) is 17.8. The summed E-state index contributed by atoms with van der Waals surface area (Å²) in [4.78, 5) is 20.6. The molecule has 5 nitrogen and oxygen atoms in total. The number of morpholine rings is 1. The number of hydrogen-bond donors (Lipinski definition) is 1. The number of aromatic nitrogens is 1. The van der Waals surface area contributed by atoms with E-state index in [0.717, 1.165) is 39.9 Å². The van der Waals surface area contributed by atoms with E-state index in [-0.39, 0.29) is 5.91 Å². The third-order valence-corrected chi connectivity index (χ3v) is 5.56. The number of carbonyl (C=O) groups excluding carboxylic acids is 1. The lowest BCUT2D eigenvalue weighted by Gasteiger charge is -2.30. The van der Waals surface area contributed by atoms with Crippen LogP contribution in [0.5, 0.6) is 0 Å². The number of rotatable bonds is 4. The lowest BCUT2D eigenvalue weighted by Crippen LogP contribution is -2.36. The second-order valence-electron chi connectivity index (χ2n) is 6.36. The van der Waals surface area contributed by atoms with Crippen molar-refractivity contribution < 1.29 is 9.53 Å². The van der Waals surface area contributed by atoms with E-state index < -0.39 is 0 Å². The second-order valence-corrected chi connectivity index (χ2v) is 7.56. The van der Waals surface area contributed by atoms with E-state index in [9.17, 15) is 4.79 Å². The molecule has 2 aromatic carbocycles. The van der Waals surface area contributed by atoms with Crippen molar-refractivity contribution in [3.05, 3.63) is 65.2 Å². The van der Waals surface area contributed by atoms with Gasteiger partial charge < -0.3 is 15.0 Å². The van der Waals surface area contributed by atoms with Gasteiger partial charge >= 0.3 is 0 Å². The number of para-hydroxylation sites is 2. The van der Waals surface area contributed by atoms with Gasteiger partial charge in [-0.3, -0.25) is 4.79 Å². The number of thiazole rings is 1. The lowest BCUT2D eigenvalue weighted by molar-refractivity contribution is 0.102. The summed E-state index contributed by atoms with van der Waals surface area (Å²) in [5.41, 5.74) is 3.33. The predicted octanol–water partition coefficient (Wildman–Crippen LogP) is 4.21. The maximum Gasteiger partial charge on any atom is 0.275 e. The summed E-state index contributed by atoms with van der Waals surface area (Å²) in [6.07, 6.45) is 0. The fraction of sp³-hybridized carbons (Fsp3) is 0.238. The normalized spacial score (nSPS) is 14.2. The highest BCUT2D eigenvalue weighted by Gasteiger charge is 2.19. The summed E-state index contributed by atoms with van der Waals surface area (Å²) in [6.45, 7) is 4.98. The van der Waals surface area contributed by atoms with Crippen molar-refractivity contribution in [3.8, 4) is 10.6 Å². The van der Waals surface area contributed by atoms with Crippen LogP contribution in [0.2, 0.25) is 0 Å². The molecular formula is C21H21N3O2S. The monoisotopic (exact) mass is 379 g/mol. The van der Waals surface area contributed by atoms with Gasteiger partial charge in [-0.15, -0.1) is 11.3 Å². The molecule has 4 rings (SSSR count). The first-order valence-corrected chi connectivity index (χ1v) is 9.80. The van der Waals surface area contributed by atoms with Gasteiger partial charge in [0.15, 0.2) is 0 Å². The Morgan fingerprint density at radius 2 is 1.78 bits per heavy atom. The number of ether oxygens (including phenoxy) is 1. The van der Waals surface area contributed by atoms with Crippen LogP contribution in [0, 0.1) is 6.92 Å². The molecule has 3 aromatic rings. The molecule has 0 aliphatic carbocycles. The number of nitrogens with zero attached hydrogens (tertiary/aromatic N) is 2. The summed E-state index contributed by atoms with van der Waals surface area (Å²) < 4.78 is 5.43. The first-order chi connectivity index (χ1) is 13.2. The van der Waals surface area contributed by atoms with E-state index in [1.165, 1.54) is 11.3 Å². The highest BCUT2D eigenvalue weighted by atomic mass is 32.1. The van der Waals surface area contributed by atoms with E-state index in [1.807, 2.05) is 61.5 Å². The van der Waals surface area contributed by atoms with Crippen molar-refractivity contribution in [1.82, 2.24) is 4.98 Å².